The Morgan fingerprint density at radius 3 is 2.41 bits per heavy atom. The summed E-state index contributed by atoms with van der Waals surface area (Å²) in [4.78, 5) is 0. The summed E-state index contributed by atoms with van der Waals surface area (Å²) in [5.41, 5.74) is 3.64. The highest BCUT2D eigenvalue weighted by Gasteiger charge is 2.14. The molecule has 0 heterocycles. The van der Waals surface area contributed by atoms with Gasteiger partial charge in [0.1, 0.15) is 0 Å². The van der Waals surface area contributed by atoms with Crippen LogP contribution in [0, 0.1) is 13.8 Å². The fourth-order valence-electron chi connectivity index (χ4n) is 1.62. The Bertz CT molecular complexity index is 478. The van der Waals surface area contributed by atoms with Crippen LogP contribution in [-0.2, 0) is 16.4 Å². The quantitative estimate of drug-likeness (QED) is 0.876. The van der Waals surface area contributed by atoms with E-state index in [4.69, 9.17) is 0 Å². The van der Waals surface area contributed by atoms with Crippen molar-refractivity contribution in [2.24, 2.45) is 0 Å². The highest BCUT2D eigenvalue weighted by molar-refractivity contribution is 7.90. The maximum absolute atomic E-state index is 11.5. The van der Waals surface area contributed by atoms with Gasteiger partial charge in [-0.1, -0.05) is 23.8 Å². The molecule has 1 rings (SSSR count). The van der Waals surface area contributed by atoms with Crippen molar-refractivity contribution in [3.8, 4) is 0 Å². The van der Waals surface area contributed by atoms with Crippen molar-refractivity contribution in [2.45, 2.75) is 39.4 Å². The molecule has 0 radical (unpaired) electrons. The zero-order valence-corrected chi connectivity index (χ0v) is 11.8. The summed E-state index contributed by atoms with van der Waals surface area (Å²) in [6.07, 6.45) is 0.734. The van der Waals surface area contributed by atoms with Crippen LogP contribution in [0.1, 0.15) is 30.5 Å². The zero-order chi connectivity index (χ0) is 13.1. The van der Waals surface area contributed by atoms with Gasteiger partial charge >= 0.3 is 0 Å². The summed E-state index contributed by atoms with van der Waals surface area (Å²) in [5.74, 6) is 0. The molecule has 0 aliphatic rings. The third kappa shape index (κ3) is 4.13. The Labute approximate surface area is 104 Å². The fraction of sp³-hybridized carbons (Fsp3) is 0.538. The van der Waals surface area contributed by atoms with Crippen LogP contribution in [0.5, 0.6) is 0 Å². The number of hydrogen-bond donors (Lipinski definition) is 1. The van der Waals surface area contributed by atoms with Gasteiger partial charge in [-0.15, -0.1) is 0 Å². The number of nitrogens with one attached hydrogen (secondary N) is 1. The molecule has 0 spiro atoms. The van der Waals surface area contributed by atoms with Gasteiger partial charge in [0, 0.05) is 6.54 Å². The molecule has 0 aliphatic carbocycles. The summed E-state index contributed by atoms with van der Waals surface area (Å²) >= 11 is 0. The van der Waals surface area contributed by atoms with E-state index >= 15 is 0 Å². The normalized spacial score (nSPS) is 12.1. The van der Waals surface area contributed by atoms with Gasteiger partial charge in [-0.3, -0.25) is 0 Å². The molecule has 3 nitrogen and oxygen atoms in total. The first-order chi connectivity index (χ1) is 7.83. The fourth-order valence-corrected chi connectivity index (χ4v) is 2.34. The van der Waals surface area contributed by atoms with Gasteiger partial charge in [0.2, 0.25) is 10.0 Å². The second-order valence-corrected chi connectivity index (χ2v) is 6.99. The molecule has 0 atom stereocenters. The Hall–Kier alpha value is -0.870. The number of sulfonamides is 1. The van der Waals surface area contributed by atoms with Gasteiger partial charge in [0.25, 0.3) is 0 Å². The zero-order valence-electron chi connectivity index (χ0n) is 10.9. The lowest BCUT2D eigenvalue weighted by Gasteiger charge is -2.10. The first kappa shape index (κ1) is 14.2. The average molecular weight is 255 g/mol. The van der Waals surface area contributed by atoms with Crippen molar-refractivity contribution in [1.29, 1.82) is 0 Å². The highest BCUT2D eigenvalue weighted by Crippen LogP contribution is 2.10. The van der Waals surface area contributed by atoms with E-state index in [0.717, 1.165) is 6.42 Å². The van der Waals surface area contributed by atoms with Crippen molar-refractivity contribution in [3.05, 3.63) is 34.9 Å². The van der Waals surface area contributed by atoms with Crippen molar-refractivity contribution >= 4 is 10.0 Å². The molecule has 1 aromatic rings. The van der Waals surface area contributed by atoms with Crippen LogP contribution in [-0.4, -0.2) is 20.2 Å². The molecule has 0 aliphatic heterocycles. The number of aryl methyl sites for hydroxylation is 2. The maximum atomic E-state index is 11.5. The van der Waals surface area contributed by atoms with E-state index < -0.39 is 10.0 Å². The lowest BCUT2D eigenvalue weighted by molar-refractivity contribution is 0.572. The first-order valence-electron chi connectivity index (χ1n) is 5.87. The molecule has 0 amide bonds. The molecule has 1 aromatic carbocycles. The SMILES string of the molecule is Cc1ccc(CCNS(=O)(=O)C(C)C)c(C)c1. The predicted molar refractivity (Wildman–Crippen MR) is 71.7 cm³/mol. The molecule has 96 valence electrons. The first-order valence-corrected chi connectivity index (χ1v) is 7.42. The molecule has 0 saturated carbocycles. The summed E-state index contributed by atoms with van der Waals surface area (Å²) in [6, 6.07) is 6.24. The van der Waals surface area contributed by atoms with E-state index in [1.807, 2.05) is 0 Å². The van der Waals surface area contributed by atoms with Crippen molar-refractivity contribution in [3.63, 3.8) is 0 Å². The molecule has 0 bridgehead atoms. The predicted octanol–water partition coefficient (Wildman–Crippen LogP) is 2.17. The summed E-state index contributed by atoms with van der Waals surface area (Å²) in [6.45, 7) is 7.93. The number of benzene rings is 1. The molecule has 0 unspecified atom stereocenters. The van der Waals surface area contributed by atoms with Gasteiger partial charge in [0.05, 0.1) is 5.25 Å². The minimum Gasteiger partial charge on any atom is -0.215 e. The lowest BCUT2D eigenvalue weighted by atomic mass is 10.0. The van der Waals surface area contributed by atoms with Crippen LogP contribution in [0.25, 0.3) is 0 Å². The van der Waals surface area contributed by atoms with Crippen LogP contribution < -0.4 is 4.72 Å². The van der Waals surface area contributed by atoms with Gasteiger partial charge in [-0.25, -0.2) is 13.1 Å². The van der Waals surface area contributed by atoms with E-state index in [-0.39, 0.29) is 5.25 Å². The molecule has 17 heavy (non-hydrogen) atoms. The molecule has 4 heteroatoms. The summed E-state index contributed by atoms with van der Waals surface area (Å²) in [5, 5.41) is -0.374. The highest BCUT2D eigenvalue weighted by atomic mass is 32.2. The van der Waals surface area contributed by atoms with Gasteiger partial charge in [-0.05, 0) is 45.2 Å². The van der Waals surface area contributed by atoms with Crippen LogP contribution in [0.15, 0.2) is 18.2 Å². The second kappa shape index (κ2) is 5.65. The Kier molecular flexibility index (Phi) is 4.71. The number of hydrogen-bond acceptors (Lipinski definition) is 2. The summed E-state index contributed by atoms with van der Waals surface area (Å²) < 4.78 is 25.7. The molecule has 0 aromatic heterocycles. The molecule has 0 saturated heterocycles. The average Bonchev–Trinajstić information content (AvgIpc) is 2.21. The maximum Gasteiger partial charge on any atom is 0.213 e. The summed E-state index contributed by atoms with van der Waals surface area (Å²) in [7, 11) is -3.14. The second-order valence-electron chi connectivity index (χ2n) is 4.67. The van der Waals surface area contributed by atoms with Crippen LogP contribution in [0.4, 0.5) is 0 Å². The van der Waals surface area contributed by atoms with Crippen molar-refractivity contribution in [2.75, 3.05) is 6.54 Å². The Morgan fingerprint density at radius 1 is 1.24 bits per heavy atom. The van der Waals surface area contributed by atoms with Gasteiger partial charge < -0.3 is 0 Å². The molecule has 0 fully saturated rings. The topological polar surface area (TPSA) is 46.2 Å². The largest absolute Gasteiger partial charge is 0.215 e. The number of rotatable bonds is 5. The van der Waals surface area contributed by atoms with E-state index in [1.54, 1.807) is 13.8 Å². The Morgan fingerprint density at radius 2 is 1.88 bits per heavy atom. The minimum absolute atomic E-state index is 0.374. The van der Waals surface area contributed by atoms with Gasteiger partial charge in [0.15, 0.2) is 0 Å². The monoisotopic (exact) mass is 255 g/mol. The molecule has 1 N–H and O–H groups in total. The lowest BCUT2D eigenvalue weighted by Crippen LogP contribution is -2.32. The van der Waals surface area contributed by atoms with Crippen LogP contribution in [0.2, 0.25) is 0 Å². The van der Waals surface area contributed by atoms with Crippen molar-refractivity contribution in [1.82, 2.24) is 4.72 Å². The molecular formula is C13H21NO2S. The standard InChI is InChI=1S/C13H21NO2S/c1-10(2)17(15,16)14-8-7-13-6-5-11(3)9-12(13)4/h5-6,9-10,14H,7-8H2,1-4H3. The van der Waals surface area contributed by atoms with Crippen LogP contribution in [0.3, 0.4) is 0 Å². The van der Waals surface area contributed by atoms with E-state index in [1.165, 1.54) is 16.7 Å². The third-order valence-electron chi connectivity index (χ3n) is 2.82. The van der Waals surface area contributed by atoms with E-state index in [2.05, 4.69) is 36.8 Å². The smallest absolute Gasteiger partial charge is 0.213 e. The van der Waals surface area contributed by atoms with E-state index in [9.17, 15) is 8.42 Å². The molecular weight excluding hydrogens is 234 g/mol. The van der Waals surface area contributed by atoms with E-state index in [0.29, 0.717) is 6.54 Å². The van der Waals surface area contributed by atoms with Crippen LogP contribution >= 0.6 is 0 Å². The van der Waals surface area contributed by atoms with Crippen molar-refractivity contribution < 1.29 is 8.42 Å². The third-order valence-corrected chi connectivity index (χ3v) is 4.66. The minimum atomic E-state index is -3.14. The van der Waals surface area contributed by atoms with Gasteiger partial charge in [-0.2, -0.15) is 0 Å². The Balaban J connectivity index is 2.58.